The third-order valence-electron chi connectivity index (χ3n) is 4.91. The van der Waals surface area contributed by atoms with Crippen molar-refractivity contribution in [2.24, 2.45) is 0 Å². The normalized spacial score (nSPS) is 25.0. The molecule has 23 heavy (non-hydrogen) atoms. The first-order valence-corrected chi connectivity index (χ1v) is 8.28. The summed E-state index contributed by atoms with van der Waals surface area (Å²) in [6.45, 7) is 3.42. The fourth-order valence-corrected chi connectivity index (χ4v) is 3.68. The van der Waals surface area contributed by atoms with Crippen molar-refractivity contribution in [3.05, 3.63) is 28.7 Å². The maximum absolute atomic E-state index is 5.56. The van der Waals surface area contributed by atoms with Crippen LogP contribution in [0, 0.1) is 6.92 Å². The molecule has 2 aromatic heterocycles. The van der Waals surface area contributed by atoms with Crippen molar-refractivity contribution >= 4 is 0 Å². The maximum Gasteiger partial charge on any atom is 0.244 e. The zero-order valence-corrected chi connectivity index (χ0v) is 13.6. The molecule has 2 aromatic rings. The van der Waals surface area contributed by atoms with Gasteiger partial charge in [-0.3, -0.25) is 4.90 Å². The van der Waals surface area contributed by atoms with Crippen molar-refractivity contribution in [3.63, 3.8) is 0 Å². The molecule has 2 aliphatic rings. The fraction of sp³-hybridized carbons (Fsp3) is 0.688. The van der Waals surface area contributed by atoms with Gasteiger partial charge >= 0.3 is 0 Å². The molecule has 0 unspecified atom stereocenters. The highest BCUT2D eigenvalue weighted by molar-refractivity contribution is 5.25. The van der Waals surface area contributed by atoms with E-state index in [2.05, 4.69) is 20.2 Å². The predicted octanol–water partition coefficient (Wildman–Crippen LogP) is 2.21. The monoisotopic (exact) mass is 318 g/mol. The van der Waals surface area contributed by atoms with Crippen LogP contribution in [0.25, 0.3) is 0 Å². The van der Waals surface area contributed by atoms with E-state index in [9.17, 15) is 0 Å². The van der Waals surface area contributed by atoms with Crippen LogP contribution in [0.1, 0.15) is 54.0 Å². The van der Waals surface area contributed by atoms with Crippen LogP contribution < -0.4 is 0 Å². The van der Waals surface area contributed by atoms with Crippen molar-refractivity contribution in [2.45, 2.75) is 57.7 Å². The number of nitrogens with zero attached hydrogens (tertiary/aromatic N) is 4. The number of aromatic nitrogens is 3. The first-order chi connectivity index (χ1) is 11.2. The first-order valence-electron chi connectivity index (χ1n) is 8.28. The molecule has 0 bridgehead atoms. The first kappa shape index (κ1) is 14.8. The summed E-state index contributed by atoms with van der Waals surface area (Å²) in [7, 11) is 1.75. The topological polar surface area (TPSA) is 77.4 Å². The van der Waals surface area contributed by atoms with Gasteiger partial charge in [0.2, 0.25) is 5.89 Å². The second-order valence-corrected chi connectivity index (χ2v) is 6.46. The second-order valence-electron chi connectivity index (χ2n) is 6.46. The van der Waals surface area contributed by atoms with Crippen LogP contribution in [0.2, 0.25) is 0 Å². The van der Waals surface area contributed by atoms with Crippen molar-refractivity contribution in [2.75, 3.05) is 13.7 Å². The SMILES string of the molecule is CO[C@H]1C[C@H](c2nc(C)no2)N(Cc2noc3c2CCCC3)C1. The highest BCUT2D eigenvalue weighted by atomic mass is 16.5. The molecule has 7 nitrogen and oxygen atoms in total. The van der Waals surface area contributed by atoms with Gasteiger partial charge in [-0.15, -0.1) is 0 Å². The van der Waals surface area contributed by atoms with Gasteiger partial charge in [-0.1, -0.05) is 10.3 Å². The third kappa shape index (κ3) is 2.79. The summed E-state index contributed by atoms with van der Waals surface area (Å²) in [5, 5.41) is 8.25. The van der Waals surface area contributed by atoms with Gasteiger partial charge in [-0.25, -0.2) is 0 Å². The Bertz CT molecular complexity index is 681. The number of rotatable bonds is 4. The van der Waals surface area contributed by atoms with E-state index in [0.717, 1.165) is 43.8 Å². The van der Waals surface area contributed by atoms with E-state index in [1.165, 1.54) is 18.4 Å². The number of aryl methyl sites for hydroxylation is 2. The van der Waals surface area contributed by atoms with Crippen LogP contribution in [0.4, 0.5) is 0 Å². The number of hydrogen-bond donors (Lipinski definition) is 0. The van der Waals surface area contributed by atoms with Crippen LogP contribution in [0.5, 0.6) is 0 Å². The molecule has 0 amide bonds. The molecular formula is C16H22N4O3. The van der Waals surface area contributed by atoms with Gasteiger partial charge in [-0.05, 0) is 32.6 Å². The summed E-state index contributed by atoms with van der Waals surface area (Å²) in [5.41, 5.74) is 2.36. The highest BCUT2D eigenvalue weighted by Gasteiger charge is 2.37. The lowest BCUT2D eigenvalue weighted by Crippen LogP contribution is -2.25. The molecule has 0 spiro atoms. The number of hydrogen-bond acceptors (Lipinski definition) is 7. The summed E-state index contributed by atoms with van der Waals surface area (Å²) in [6, 6.07) is 0.0806. The summed E-state index contributed by atoms with van der Waals surface area (Å²) in [5.74, 6) is 2.40. The molecule has 1 aliphatic carbocycles. The zero-order chi connectivity index (χ0) is 15.8. The minimum absolute atomic E-state index is 0.0806. The predicted molar refractivity (Wildman–Crippen MR) is 80.7 cm³/mol. The van der Waals surface area contributed by atoms with Gasteiger partial charge in [0.1, 0.15) is 11.5 Å². The van der Waals surface area contributed by atoms with E-state index in [0.29, 0.717) is 11.7 Å². The van der Waals surface area contributed by atoms with Gasteiger partial charge < -0.3 is 13.8 Å². The van der Waals surface area contributed by atoms with Gasteiger partial charge in [0.05, 0.1) is 12.1 Å². The summed E-state index contributed by atoms with van der Waals surface area (Å²) < 4.78 is 16.5. The fourth-order valence-electron chi connectivity index (χ4n) is 3.68. The lowest BCUT2D eigenvalue weighted by Gasteiger charge is -2.20. The minimum atomic E-state index is 0.0806. The van der Waals surface area contributed by atoms with Crippen molar-refractivity contribution in [3.8, 4) is 0 Å². The Morgan fingerprint density at radius 2 is 2.09 bits per heavy atom. The third-order valence-corrected chi connectivity index (χ3v) is 4.91. The number of likely N-dealkylation sites (tertiary alicyclic amines) is 1. The van der Waals surface area contributed by atoms with Crippen molar-refractivity contribution in [1.82, 2.24) is 20.2 Å². The number of methoxy groups -OCH3 is 1. The molecule has 4 rings (SSSR count). The maximum atomic E-state index is 5.56. The average molecular weight is 318 g/mol. The molecule has 3 heterocycles. The van der Waals surface area contributed by atoms with Crippen molar-refractivity contribution in [1.29, 1.82) is 0 Å². The van der Waals surface area contributed by atoms with E-state index < -0.39 is 0 Å². The molecule has 0 aromatic carbocycles. The van der Waals surface area contributed by atoms with E-state index >= 15 is 0 Å². The van der Waals surface area contributed by atoms with Crippen LogP contribution in [-0.2, 0) is 24.1 Å². The molecule has 0 N–H and O–H groups in total. The summed E-state index contributed by atoms with van der Waals surface area (Å²) in [4.78, 5) is 6.72. The van der Waals surface area contributed by atoms with Crippen LogP contribution >= 0.6 is 0 Å². The van der Waals surface area contributed by atoms with E-state index in [1.54, 1.807) is 7.11 Å². The molecule has 0 saturated carbocycles. The highest BCUT2D eigenvalue weighted by Crippen LogP contribution is 2.35. The minimum Gasteiger partial charge on any atom is -0.380 e. The molecule has 124 valence electrons. The molecule has 1 saturated heterocycles. The van der Waals surface area contributed by atoms with Crippen molar-refractivity contribution < 1.29 is 13.8 Å². The van der Waals surface area contributed by atoms with E-state index in [1.807, 2.05) is 6.92 Å². The van der Waals surface area contributed by atoms with E-state index in [-0.39, 0.29) is 12.1 Å². The van der Waals surface area contributed by atoms with Gasteiger partial charge in [0, 0.05) is 32.2 Å². The average Bonchev–Trinajstić information content (AvgIpc) is 3.27. The lowest BCUT2D eigenvalue weighted by molar-refractivity contribution is 0.107. The van der Waals surface area contributed by atoms with Gasteiger partial charge in [-0.2, -0.15) is 4.98 Å². The Morgan fingerprint density at radius 3 is 2.87 bits per heavy atom. The van der Waals surface area contributed by atoms with Crippen LogP contribution in [0.3, 0.4) is 0 Å². The molecule has 1 fully saturated rings. The summed E-state index contributed by atoms with van der Waals surface area (Å²) >= 11 is 0. The number of fused-ring (bicyclic) bond motifs is 1. The van der Waals surface area contributed by atoms with Crippen LogP contribution in [0.15, 0.2) is 9.05 Å². The smallest absolute Gasteiger partial charge is 0.244 e. The standard InChI is InChI=1S/C16H22N4O3/c1-10-17-16(23-18-10)14-7-11(21-2)8-20(14)9-13-12-5-3-4-6-15(12)22-19-13/h11,14H,3-9H2,1-2H3/t11-,14+/m0/s1. The molecule has 2 atom stereocenters. The Balaban J connectivity index is 1.57. The molecule has 7 heteroatoms. The zero-order valence-electron chi connectivity index (χ0n) is 13.6. The van der Waals surface area contributed by atoms with Gasteiger partial charge in [0.15, 0.2) is 5.82 Å². The Kier molecular flexibility index (Phi) is 3.90. The quantitative estimate of drug-likeness (QED) is 0.855. The Labute approximate surface area is 135 Å². The van der Waals surface area contributed by atoms with E-state index in [4.69, 9.17) is 13.8 Å². The molecular weight excluding hydrogens is 296 g/mol. The molecule has 1 aliphatic heterocycles. The van der Waals surface area contributed by atoms with Crippen LogP contribution in [-0.4, -0.2) is 40.0 Å². The molecule has 0 radical (unpaired) electrons. The Hall–Kier alpha value is -1.73. The largest absolute Gasteiger partial charge is 0.380 e. The Morgan fingerprint density at radius 1 is 1.22 bits per heavy atom. The van der Waals surface area contributed by atoms with Gasteiger partial charge in [0.25, 0.3) is 0 Å². The lowest BCUT2D eigenvalue weighted by atomic mass is 9.96. The second kappa shape index (κ2) is 6.05. The number of ether oxygens (including phenoxy) is 1. The summed E-state index contributed by atoms with van der Waals surface area (Å²) in [6.07, 6.45) is 5.53.